The second-order valence-electron chi connectivity index (χ2n) is 3.64. The summed E-state index contributed by atoms with van der Waals surface area (Å²) in [5, 5.41) is 0. The number of nitrogens with two attached hydrogens (primary N) is 1. The predicted octanol–water partition coefficient (Wildman–Crippen LogP) is 1.73. The summed E-state index contributed by atoms with van der Waals surface area (Å²) in [7, 11) is 1.56. The van der Waals surface area contributed by atoms with Crippen LogP contribution in [0.25, 0.3) is 0 Å². The monoisotopic (exact) mass is 205 g/mol. The van der Waals surface area contributed by atoms with Gasteiger partial charge in [-0.05, 0) is 31.5 Å². The van der Waals surface area contributed by atoms with Crippen molar-refractivity contribution in [1.29, 1.82) is 0 Å². The average molecular weight is 205 g/mol. The standard InChI is InChI=1S/C9H23NO2Si/c1-5-6-9(7-10)8-13(4,11-2)12-3/h9H,5-8,10H2,1-4H3. The fraction of sp³-hybridized carbons (Fsp3) is 1.00. The molecule has 0 fully saturated rings. The van der Waals surface area contributed by atoms with Gasteiger partial charge in [0.1, 0.15) is 0 Å². The Morgan fingerprint density at radius 3 is 2.15 bits per heavy atom. The van der Waals surface area contributed by atoms with Gasteiger partial charge in [0, 0.05) is 14.2 Å². The Morgan fingerprint density at radius 1 is 1.31 bits per heavy atom. The molecule has 0 heterocycles. The van der Waals surface area contributed by atoms with Crippen molar-refractivity contribution in [3.05, 3.63) is 0 Å². The first-order valence-electron chi connectivity index (χ1n) is 4.92. The summed E-state index contributed by atoms with van der Waals surface area (Å²) in [5.74, 6) is 0.557. The zero-order chi connectivity index (χ0) is 10.3. The van der Waals surface area contributed by atoms with Crippen LogP contribution in [0, 0.1) is 5.92 Å². The molecule has 3 nitrogen and oxygen atoms in total. The highest BCUT2D eigenvalue weighted by atomic mass is 28.4. The van der Waals surface area contributed by atoms with E-state index in [4.69, 9.17) is 14.6 Å². The van der Waals surface area contributed by atoms with Crippen LogP contribution in [0.2, 0.25) is 12.6 Å². The highest BCUT2D eigenvalue weighted by Crippen LogP contribution is 2.21. The molecule has 0 aromatic carbocycles. The van der Waals surface area contributed by atoms with Crippen LogP contribution in [0.4, 0.5) is 0 Å². The van der Waals surface area contributed by atoms with Crippen LogP contribution in [-0.4, -0.2) is 29.3 Å². The lowest BCUT2D eigenvalue weighted by molar-refractivity contribution is 0.240. The topological polar surface area (TPSA) is 44.5 Å². The van der Waals surface area contributed by atoms with Gasteiger partial charge in [0.25, 0.3) is 0 Å². The van der Waals surface area contributed by atoms with E-state index in [-0.39, 0.29) is 0 Å². The molecule has 0 amide bonds. The fourth-order valence-electron chi connectivity index (χ4n) is 1.49. The third-order valence-electron chi connectivity index (χ3n) is 2.55. The van der Waals surface area contributed by atoms with Crippen LogP contribution >= 0.6 is 0 Å². The van der Waals surface area contributed by atoms with E-state index in [1.54, 1.807) is 14.2 Å². The van der Waals surface area contributed by atoms with Crippen LogP contribution in [0.15, 0.2) is 0 Å². The van der Waals surface area contributed by atoms with Gasteiger partial charge in [0.15, 0.2) is 0 Å². The van der Waals surface area contributed by atoms with Gasteiger partial charge >= 0.3 is 8.56 Å². The first kappa shape index (κ1) is 13.1. The Labute approximate surface area is 82.9 Å². The molecule has 4 heteroatoms. The van der Waals surface area contributed by atoms with Crippen molar-refractivity contribution in [2.45, 2.75) is 32.4 Å². The summed E-state index contributed by atoms with van der Waals surface area (Å²) in [5.41, 5.74) is 5.69. The molecule has 0 rings (SSSR count). The molecule has 13 heavy (non-hydrogen) atoms. The molecule has 0 aromatic heterocycles. The summed E-state index contributed by atoms with van der Waals surface area (Å²) < 4.78 is 10.9. The first-order chi connectivity index (χ1) is 6.11. The molecule has 2 N–H and O–H groups in total. The fourth-order valence-corrected chi connectivity index (χ4v) is 3.41. The normalized spacial score (nSPS) is 14.5. The Morgan fingerprint density at radius 2 is 1.85 bits per heavy atom. The number of hydrogen-bond acceptors (Lipinski definition) is 3. The highest BCUT2D eigenvalue weighted by Gasteiger charge is 2.31. The zero-order valence-electron chi connectivity index (χ0n) is 9.30. The lowest BCUT2D eigenvalue weighted by Crippen LogP contribution is -2.39. The maximum atomic E-state index is 5.69. The largest absolute Gasteiger partial charge is 0.398 e. The molecule has 0 bridgehead atoms. The number of rotatable bonds is 7. The van der Waals surface area contributed by atoms with Crippen molar-refractivity contribution in [3.63, 3.8) is 0 Å². The van der Waals surface area contributed by atoms with Crippen LogP contribution in [0.3, 0.4) is 0 Å². The SMILES string of the molecule is CCCC(CN)C[Si](C)(OC)OC. The Balaban J connectivity index is 4.02. The third-order valence-corrected chi connectivity index (χ3v) is 5.60. The van der Waals surface area contributed by atoms with Crippen molar-refractivity contribution >= 4 is 8.56 Å². The molecule has 0 spiro atoms. The summed E-state index contributed by atoms with van der Waals surface area (Å²) in [6.45, 7) is 5.01. The van der Waals surface area contributed by atoms with E-state index in [0.717, 1.165) is 12.6 Å². The highest BCUT2D eigenvalue weighted by molar-refractivity contribution is 6.66. The van der Waals surface area contributed by atoms with E-state index in [0.29, 0.717) is 5.92 Å². The van der Waals surface area contributed by atoms with Crippen molar-refractivity contribution in [2.75, 3.05) is 20.8 Å². The van der Waals surface area contributed by atoms with E-state index < -0.39 is 8.56 Å². The lowest BCUT2D eigenvalue weighted by Gasteiger charge is -2.27. The van der Waals surface area contributed by atoms with Crippen LogP contribution in [0.5, 0.6) is 0 Å². The second-order valence-corrected chi connectivity index (χ2v) is 7.13. The van der Waals surface area contributed by atoms with Crippen molar-refractivity contribution in [2.24, 2.45) is 11.7 Å². The molecule has 1 atom stereocenters. The van der Waals surface area contributed by atoms with Gasteiger partial charge in [-0.25, -0.2) is 0 Å². The maximum Gasteiger partial charge on any atom is 0.334 e. The van der Waals surface area contributed by atoms with Crippen LogP contribution in [0.1, 0.15) is 19.8 Å². The molecule has 0 saturated heterocycles. The van der Waals surface area contributed by atoms with Gasteiger partial charge < -0.3 is 14.6 Å². The van der Waals surface area contributed by atoms with Crippen LogP contribution in [-0.2, 0) is 8.85 Å². The van der Waals surface area contributed by atoms with Gasteiger partial charge in [0.2, 0.25) is 0 Å². The smallest absolute Gasteiger partial charge is 0.334 e. The molecule has 0 radical (unpaired) electrons. The van der Waals surface area contributed by atoms with E-state index >= 15 is 0 Å². The first-order valence-corrected chi connectivity index (χ1v) is 7.44. The molecule has 80 valence electrons. The van der Waals surface area contributed by atoms with E-state index in [9.17, 15) is 0 Å². The van der Waals surface area contributed by atoms with Crippen molar-refractivity contribution in [3.8, 4) is 0 Å². The average Bonchev–Trinajstić information content (AvgIpc) is 2.17. The molecule has 0 aliphatic rings. The molecule has 0 aromatic rings. The molecule has 0 aliphatic heterocycles. The van der Waals surface area contributed by atoms with E-state index in [2.05, 4.69) is 13.5 Å². The minimum atomic E-state index is -1.90. The quantitative estimate of drug-likeness (QED) is 0.644. The summed E-state index contributed by atoms with van der Waals surface area (Å²) in [4.78, 5) is 0. The van der Waals surface area contributed by atoms with Gasteiger partial charge in [-0.2, -0.15) is 0 Å². The second kappa shape index (κ2) is 6.54. The predicted molar refractivity (Wildman–Crippen MR) is 57.9 cm³/mol. The van der Waals surface area contributed by atoms with Gasteiger partial charge in [0.05, 0.1) is 0 Å². The van der Waals surface area contributed by atoms with Crippen LogP contribution < -0.4 is 5.73 Å². The van der Waals surface area contributed by atoms with Crippen molar-refractivity contribution < 1.29 is 8.85 Å². The van der Waals surface area contributed by atoms with E-state index in [1.807, 2.05) is 0 Å². The van der Waals surface area contributed by atoms with Gasteiger partial charge in [-0.3, -0.25) is 0 Å². The summed E-state index contributed by atoms with van der Waals surface area (Å²) in [6, 6.07) is 1.00. The Hall–Kier alpha value is 0.0969. The lowest BCUT2D eigenvalue weighted by atomic mass is 10.1. The minimum absolute atomic E-state index is 0.557. The van der Waals surface area contributed by atoms with Gasteiger partial charge in [-0.1, -0.05) is 13.3 Å². The summed E-state index contributed by atoms with van der Waals surface area (Å²) in [6.07, 6.45) is 2.35. The third kappa shape index (κ3) is 4.76. The number of hydrogen-bond donors (Lipinski definition) is 1. The molecule has 1 unspecified atom stereocenters. The van der Waals surface area contributed by atoms with Gasteiger partial charge in [-0.15, -0.1) is 0 Å². The molecular formula is C9H23NO2Si. The minimum Gasteiger partial charge on any atom is -0.398 e. The zero-order valence-corrected chi connectivity index (χ0v) is 10.3. The molecule has 0 aliphatic carbocycles. The molecular weight excluding hydrogens is 182 g/mol. The summed E-state index contributed by atoms with van der Waals surface area (Å²) >= 11 is 0. The maximum absolute atomic E-state index is 5.69. The Bertz CT molecular complexity index is 129. The van der Waals surface area contributed by atoms with Crippen molar-refractivity contribution in [1.82, 2.24) is 0 Å². The Kier molecular flexibility index (Phi) is 6.58. The molecule has 0 saturated carbocycles. The van der Waals surface area contributed by atoms with E-state index in [1.165, 1.54) is 12.8 Å².